The van der Waals surface area contributed by atoms with Gasteiger partial charge in [-0.3, -0.25) is 4.79 Å². The molecule has 106 valence electrons. The van der Waals surface area contributed by atoms with E-state index in [1.165, 1.54) is 6.42 Å². The van der Waals surface area contributed by atoms with Crippen molar-refractivity contribution in [1.29, 1.82) is 0 Å². The zero-order chi connectivity index (χ0) is 13.9. The second-order valence-corrected chi connectivity index (χ2v) is 5.62. The fourth-order valence-electron chi connectivity index (χ4n) is 3.03. The van der Waals surface area contributed by atoms with Gasteiger partial charge in [0.05, 0.1) is 6.10 Å². The van der Waals surface area contributed by atoms with Gasteiger partial charge in [-0.05, 0) is 31.7 Å². The van der Waals surface area contributed by atoms with E-state index in [4.69, 9.17) is 4.74 Å². The number of benzene rings is 1. The number of ketones is 1. The maximum atomic E-state index is 12.4. The number of carbonyl (C=O) groups is 1. The number of hydrogen-bond donors (Lipinski definition) is 0. The highest BCUT2D eigenvalue weighted by Gasteiger charge is 2.18. The first-order valence-corrected chi connectivity index (χ1v) is 7.44. The van der Waals surface area contributed by atoms with E-state index in [9.17, 15) is 4.79 Å². The van der Waals surface area contributed by atoms with E-state index < -0.39 is 0 Å². The molecule has 3 nitrogen and oxygen atoms in total. The third-order valence-electron chi connectivity index (χ3n) is 4.16. The van der Waals surface area contributed by atoms with Crippen LogP contribution in [0.5, 0.6) is 0 Å². The van der Waals surface area contributed by atoms with Gasteiger partial charge >= 0.3 is 0 Å². The van der Waals surface area contributed by atoms with Gasteiger partial charge in [-0.2, -0.15) is 0 Å². The van der Waals surface area contributed by atoms with Crippen molar-refractivity contribution < 1.29 is 9.53 Å². The van der Waals surface area contributed by atoms with Gasteiger partial charge in [0.2, 0.25) is 0 Å². The van der Waals surface area contributed by atoms with Crippen LogP contribution >= 0.6 is 0 Å². The summed E-state index contributed by atoms with van der Waals surface area (Å²) in [7, 11) is 1.99. The van der Waals surface area contributed by atoms with Crippen LogP contribution in [0.25, 0.3) is 10.9 Å². The molecule has 20 heavy (non-hydrogen) atoms. The minimum Gasteiger partial charge on any atom is -0.378 e. The molecule has 2 heterocycles. The number of aryl methyl sites for hydroxylation is 1. The van der Waals surface area contributed by atoms with Crippen molar-refractivity contribution >= 4 is 16.7 Å². The SMILES string of the molecule is Cn1cc(C(=O)CCC2CCCCO2)c2ccccc21. The Kier molecular flexibility index (Phi) is 3.88. The van der Waals surface area contributed by atoms with Crippen LogP contribution in [-0.4, -0.2) is 23.1 Å². The van der Waals surface area contributed by atoms with Crippen molar-refractivity contribution in [1.82, 2.24) is 4.57 Å². The molecule has 1 atom stereocenters. The number of aromatic nitrogens is 1. The zero-order valence-corrected chi connectivity index (χ0v) is 12.0. The van der Waals surface area contributed by atoms with Gasteiger partial charge in [0.25, 0.3) is 0 Å². The summed E-state index contributed by atoms with van der Waals surface area (Å²) in [5.74, 6) is 0.232. The largest absolute Gasteiger partial charge is 0.378 e. The number of fused-ring (bicyclic) bond motifs is 1. The summed E-state index contributed by atoms with van der Waals surface area (Å²) in [6.45, 7) is 0.854. The molecule has 0 N–H and O–H groups in total. The molecule has 1 aliphatic heterocycles. The highest BCUT2D eigenvalue weighted by molar-refractivity contribution is 6.08. The summed E-state index contributed by atoms with van der Waals surface area (Å²) in [4.78, 5) is 12.4. The molecule has 3 heteroatoms. The molecule has 1 aromatic carbocycles. The third kappa shape index (κ3) is 2.63. The van der Waals surface area contributed by atoms with Crippen molar-refractivity contribution in [3.63, 3.8) is 0 Å². The standard InChI is InChI=1S/C17H21NO2/c1-18-12-15(14-7-2-3-8-16(14)18)17(19)10-9-13-6-4-5-11-20-13/h2-3,7-8,12-13H,4-6,9-11H2,1H3. The number of Topliss-reactive ketones (excluding diaryl/α,β-unsaturated/α-hetero) is 1. The predicted octanol–water partition coefficient (Wildman–Crippen LogP) is 3.71. The summed E-state index contributed by atoms with van der Waals surface area (Å²) >= 11 is 0. The Morgan fingerprint density at radius 1 is 1.35 bits per heavy atom. The second kappa shape index (κ2) is 5.80. The minimum atomic E-state index is 0.232. The van der Waals surface area contributed by atoms with E-state index >= 15 is 0 Å². The van der Waals surface area contributed by atoms with E-state index in [0.717, 1.165) is 42.3 Å². The van der Waals surface area contributed by atoms with Gasteiger partial charge in [0.15, 0.2) is 5.78 Å². The van der Waals surface area contributed by atoms with Crippen LogP contribution in [0.15, 0.2) is 30.5 Å². The zero-order valence-electron chi connectivity index (χ0n) is 12.0. The highest BCUT2D eigenvalue weighted by atomic mass is 16.5. The van der Waals surface area contributed by atoms with Crippen LogP contribution in [-0.2, 0) is 11.8 Å². The molecule has 0 aliphatic carbocycles. The maximum absolute atomic E-state index is 12.4. The first-order chi connectivity index (χ1) is 9.75. The summed E-state index contributed by atoms with van der Waals surface area (Å²) in [6, 6.07) is 8.08. The van der Waals surface area contributed by atoms with Crippen molar-refractivity contribution in [2.24, 2.45) is 7.05 Å². The second-order valence-electron chi connectivity index (χ2n) is 5.62. The lowest BCUT2D eigenvalue weighted by molar-refractivity contribution is 0.0104. The number of rotatable bonds is 4. The number of para-hydroxylation sites is 1. The Morgan fingerprint density at radius 2 is 2.20 bits per heavy atom. The Bertz CT molecular complexity index is 608. The van der Waals surface area contributed by atoms with Crippen LogP contribution in [0.4, 0.5) is 0 Å². The monoisotopic (exact) mass is 271 g/mol. The van der Waals surface area contributed by atoms with Crippen molar-refractivity contribution in [2.45, 2.75) is 38.2 Å². The van der Waals surface area contributed by atoms with Crippen molar-refractivity contribution in [3.8, 4) is 0 Å². The van der Waals surface area contributed by atoms with Crippen LogP contribution < -0.4 is 0 Å². The molecule has 0 amide bonds. The van der Waals surface area contributed by atoms with Gasteiger partial charge < -0.3 is 9.30 Å². The summed E-state index contributed by atoms with van der Waals surface area (Å²) in [6.07, 6.45) is 7.15. The number of hydrogen-bond acceptors (Lipinski definition) is 2. The fraction of sp³-hybridized carbons (Fsp3) is 0.471. The quantitative estimate of drug-likeness (QED) is 0.794. The van der Waals surface area contributed by atoms with Gasteiger partial charge in [0, 0.05) is 42.7 Å². The van der Waals surface area contributed by atoms with Gasteiger partial charge in [-0.1, -0.05) is 18.2 Å². The summed E-state index contributed by atoms with van der Waals surface area (Å²) < 4.78 is 7.73. The van der Waals surface area contributed by atoms with E-state index in [1.54, 1.807) is 0 Å². The van der Waals surface area contributed by atoms with Crippen LogP contribution in [0.1, 0.15) is 42.5 Å². The van der Waals surface area contributed by atoms with Gasteiger partial charge in [-0.15, -0.1) is 0 Å². The molecule has 0 radical (unpaired) electrons. The molecule has 1 unspecified atom stereocenters. The lowest BCUT2D eigenvalue weighted by Gasteiger charge is -2.22. The number of ether oxygens (including phenoxy) is 1. The molecule has 0 spiro atoms. The highest BCUT2D eigenvalue weighted by Crippen LogP contribution is 2.23. The Hall–Kier alpha value is -1.61. The molecule has 1 fully saturated rings. The fourth-order valence-corrected chi connectivity index (χ4v) is 3.03. The Morgan fingerprint density at radius 3 is 3.00 bits per heavy atom. The number of nitrogens with zero attached hydrogens (tertiary/aromatic N) is 1. The van der Waals surface area contributed by atoms with Crippen LogP contribution in [0, 0.1) is 0 Å². The molecule has 2 aromatic rings. The molecule has 0 saturated carbocycles. The molecule has 0 bridgehead atoms. The topological polar surface area (TPSA) is 31.2 Å². The Labute approximate surface area is 119 Å². The molecular weight excluding hydrogens is 250 g/mol. The van der Waals surface area contributed by atoms with Gasteiger partial charge in [-0.25, -0.2) is 0 Å². The molecule has 1 aliphatic rings. The van der Waals surface area contributed by atoms with E-state index in [-0.39, 0.29) is 11.9 Å². The average molecular weight is 271 g/mol. The van der Waals surface area contributed by atoms with E-state index in [1.807, 2.05) is 36.0 Å². The molecule has 3 rings (SSSR count). The first-order valence-electron chi connectivity index (χ1n) is 7.44. The average Bonchev–Trinajstić information content (AvgIpc) is 2.84. The summed E-state index contributed by atoms with van der Waals surface area (Å²) in [5.41, 5.74) is 1.96. The smallest absolute Gasteiger partial charge is 0.165 e. The normalized spacial score (nSPS) is 19.4. The molecular formula is C17H21NO2. The number of carbonyl (C=O) groups excluding carboxylic acids is 1. The maximum Gasteiger partial charge on any atom is 0.165 e. The third-order valence-corrected chi connectivity index (χ3v) is 4.16. The minimum absolute atomic E-state index is 0.232. The molecule has 1 aromatic heterocycles. The van der Waals surface area contributed by atoms with Gasteiger partial charge in [0.1, 0.15) is 0 Å². The van der Waals surface area contributed by atoms with E-state index in [0.29, 0.717) is 6.42 Å². The Balaban J connectivity index is 1.72. The van der Waals surface area contributed by atoms with Crippen molar-refractivity contribution in [3.05, 3.63) is 36.0 Å². The van der Waals surface area contributed by atoms with Crippen LogP contribution in [0.2, 0.25) is 0 Å². The molecule has 1 saturated heterocycles. The summed E-state index contributed by atoms with van der Waals surface area (Å²) in [5, 5.41) is 1.06. The van der Waals surface area contributed by atoms with E-state index in [2.05, 4.69) is 6.07 Å². The lowest BCUT2D eigenvalue weighted by Crippen LogP contribution is -2.19. The first kappa shape index (κ1) is 13.4. The predicted molar refractivity (Wildman–Crippen MR) is 80.1 cm³/mol. The lowest BCUT2D eigenvalue weighted by atomic mass is 10.00. The van der Waals surface area contributed by atoms with Crippen molar-refractivity contribution in [2.75, 3.05) is 6.61 Å². The van der Waals surface area contributed by atoms with Crippen LogP contribution in [0.3, 0.4) is 0 Å².